The zero-order chi connectivity index (χ0) is 15.5. The number of hydrogen-bond acceptors (Lipinski definition) is 5. The molecule has 1 atom stereocenters. The number of likely N-dealkylation sites (tertiary alicyclic amines) is 1. The van der Waals surface area contributed by atoms with Crippen LogP contribution in [0, 0.1) is 11.3 Å². The number of aryl methyl sites for hydroxylation is 1. The summed E-state index contributed by atoms with van der Waals surface area (Å²) in [5, 5.41) is 22.6. The van der Waals surface area contributed by atoms with Crippen molar-refractivity contribution in [3.05, 3.63) is 16.0 Å². The molecule has 3 rings (SSSR count). The van der Waals surface area contributed by atoms with E-state index in [1.165, 1.54) is 11.3 Å². The number of nitrogens with zero attached hydrogens (tertiary/aromatic N) is 2. The Morgan fingerprint density at radius 1 is 1.41 bits per heavy atom. The van der Waals surface area contributed by atoms with Gasteiger partial charge in [-0.2, -0.15) is 5.26 Å². The van der Waals surface area contributed by atoms with Crippen LogP contribution in [0.3, 0.4) is 0 Å². The summed E-state index contributed by atoms with van der Waals surface area (Å²) < 4.78 is 0. The van der Waals surface area contributed by atoms with Gasteiger partial charge in [0.1, 0.15) is 11.1 Å². The molecule has 2 heterocycles. The van der Waals surface area contributed by atoms with Gasteiger partial charge >= 0.3 is 0 Å². The van der Waals surface area contributed by atoms with E-state index in [0.29, 0.717) is 17.1 Å². The van der Waals surface area contributed by atoms with Gasteiger partial charge in [-0.25, -0.2) is 0 Å². The first-order valence-electron chi connectivity index (χ1n) is 7.92. The number of hydrogen-bond donors (Lipinski definition) is 2. The smallest absolute Gasteiger partial charge is 0.239 e. The van der Waals surface area contributed by atoms with Gasteiger partial charge in [-0.3, -0.25) is 9.69 Å². The Morgan fingerprint density at radius 3 is 2.95 bits per heavy atom. The number of anilines is 1. The van der Waals surface area contributed by atoms with Crippen LogP contribution in [-0.2, 0) is 17.6 Å². The monoisotopic (exact) mass is 319 g/mol. The summed E-state index contributed by atoms with van der Waals surface area (Å²) in [7, 11) is 0. The second kappa shape index (κ2) is 6.78. The number of amides is 1. The molecule has 6 heteroatoms. The van der Waals surface area contributed by atoms with Crippen LogP contribution in [0.15, 0.2) is 0 Å². The molecule has 118 valence electrons. The molecule has 5 nitrogen and oxygen atoms in total. The van der Waals surface area contributed by atoms with Crippen LogP contribution >= 0.6 is 11.3 Å². The van der Waals surface area contributed by atoms with Crippen molar-refractivity contribution < 1.29 is 9.90 Å². The van der Waals surface area contributed by atoms with Crippen molar-refractivity contribution in [3.8, 4) is 6.07 Å². The molecule has 1 aliphatic heterocycles. The quantitative estimate of drug-likeness (QED) is 0.834. The minimum atomic E-state index is -0.319. The van der Waals surface area contributed by atoms with E-state index in [1.807, 2.05) is 4.90 Å². The van der Waals surface area contributed by atoms with Crippen LogP contribution in [0.4, 0.5) is 5.00 Å². The number of fused-ring (bicyclic) bond motifs is 1. The number of aliphatic hydroxyl groups excluding tert-OH is 1. The first-order chi connectivity index (χ1) is 10.7. The lowest BCUT2D eigenvalue weighted by atomic mass is 10.1. The van der Waals surface area contributed by atoms with E-state index in [1.54, 1.807) is 11.3 Å². The lowest BCUT2D eigenvalue weighted by Gasteiger charge is -2.14. The Morgan fingerprint density at radius 2 is 2.23 bits per heavy atom. The topological polar surface area (TPSA) is 76.4 Å². The van der Waals surface area contributed by atoms with Crippen molar-refractivity contribution in [1.82, 2.24) is 4.90 Å². The molecule has 0 aromatic carbocycles. The molecule has 2 aliphatic rings. The van der Waals surface area contributed by atoms with E-state index >= 15 is 0 Å². The first kappa shape index (κ1) is 15.5. The number of nitrogens with one attached hydrogen (secondary N) is 1. The van der Waals surface area contributed by atoms with E-state index in [9.17, 15) is 15.2 Å². The number of nitriles is 1. The Kier molecular flexibility index (Phi) is 4.77. The highest BCUT2D eigenvalue weighted by molar-refractivity contribution is 7.16. The van der Waals surface area contributed by atoms with Gasteiger partial charge in [0.15, 0.2) is 0 Å². The molecule has 2 N–H and O–H groups in total. The van der Waals surface area contributed by atoms with Crippen molar-refractivity contribution in [2.24, 2.45) is 0 Å². The summed E-state index contributed by atoms with van der Waals surface area (Å²) in [6.45, 7) is 1.59. The maximum atomic E-state index is 12.2. The van der Waals surface area contributed by atoms with Crippen molar-refractivity contribution in [2.45, 2.75) is 44.6 Å². The molecular weight excluding hydrogens is 298 g/mol. The van der Waals surface area contributed by atoms with Gasteiger partial charge in [0, 0.05) is 18.0 Å². The Balaban J connectivity index is 1.69. The summed E-state index contributed by atoms with van der Waals surface area (Å²) in [6, 6.07) is 2.28. The summed E-state index contributed by atoms with van der Waals surface area (Å²) in [5.41, 5.74) is 1.81. The van der Waals surface area contributed by atoms with Crippen LogP contribution < -0.4 is 5.32 Å². The second-order valence-corrected chi connectivity index (χ2v) is 7.21. The summed E-state index contributed by atoms with van der Waals surface area (Å²) in [4.78, 5) is 15.4. The zero-order valence-corrected chi connectivity index (χ0v) is 13.4. The highest BCUT2D eigenvalue weighted by Gasteiger charge is 2.24. The van der Waals surface area contributed by atoms with E-state index in [4.69, 9.17) is 0 Å². The largest absolute Gasteiger partial charge is 0.392 e. The van der Waals surface area contributed by atoms with Gasteiger partial charge in [0.25, 0.3) is 0 Å². The predicted octanol–water partition coefficient (Wildman–Crippen LogP) is 1.89. The average Bonchev–Trinajstić information content (AvgIpc) is 2.94. The summed E-state index contributed by atoms with van der Waals surface area (Å²) in [5.74, 6) is -0.0954. The molecule has 0 spiro atoms. The minimum Gasteiger partial charge on any atom is -0.392 e. The molecule has 0 saturated carbocycles. The number of carbonyl (C=O) groups is 1. The van der Waals surface area contributed by atoms with Gasteiger partial charge in [0.2, 0.25) is 5.91 Å². The maximum absolute atomic E-state index is 12.2. The number of aliphatic hydroxyl groups is 1. The van der Waals surface area contributed by atoms with Crippen molar-refractivity contribution in [2.75, 3.05) is 25.0 Å². The third kappa shape index (κ3) is 3.32. The minimum absolute atomic E-state index is 0.0954. The van der Waals surface area contributed by atoms with Gasteiger partial charge < -0.3 is 10.4 Å². The number of rotatable bonds is 3. The predicted molar refractivity (Wildman–Crippen MR) is 86.0 cm³/mol. The summed E-state index contributed by atoms with van der Waals surface area (Å²) in [6.07, 6.45) is 5.87. The van der Waals surface area contributed by atoms with Crippen LogP contribution in [-0.4, -0.2) is 41.7 Å². The van der Waals surface area contributed by atoms with Crippen molar-refractivity contribution in [1.29, 1.82) is 5.26 Å². The van der Waals surface area contributed by atoms with E-state index in [0.717, 1.165) is 44.2 Å². The molecular formula is C16H21N3O2S. The molecule has 0 radical (unpaired) electrons. The fourth-order valence-electron chi connectivity index (χ4n) is 3.27. The third-order valence-corrected chi connectivity index (χ3v) is 5.61. The Hall–Kier alpha value is -1.42. The third-order valence-electron chi connectivity index (χ3n) is 4.40. The van der Waals surface area contributed by atoms with Gasteiger partial charge in [0.05, 0.1) is 18.2 Å². The molecule has 1 aromatic heterocycles. The van der Waals surface area contributed by atoms with Crippen molar-refractivity contribution in [3.63, 3.8) is 0 Å². The van der Waals surface area contributed by atoms with Crippen LogP contribution in [0.1, 0.15) is 41.7 Å². The van der Waals surface area contributed by atoms with Crippen LogP contribution in [0.5, 0.6) is 0 Å². The molecule has 1 fully saturated rings. The van der Waals surface area contributed by atoms with Gasteiger partial charge in [-0.1, -0.05) is 6.42 Å². The zero-order valence-electron chi connectivity index (χ0n) is 12.6. The molecule has 1 saturated heterocycles. The van der Waals surface area contributed by atoms with Crippen LogP contribution in [0.25, 0.3) is 0 Å². The average molecular weight is 319 g/mol. The highest BCUT2D eigenvalue weighted by Crippen LogP contribution is 2.36. The number of β-amino-alcohol motifs (C(OH)–C–C–N with tert-alkyl or cyclic N) is 1. The fraction of sp³-hybridized carbons (Fsp3) is 0.625. The van der Waals surface area contributed by atoms with Gasteiger partial charge in [-0.05, 0) is 37.7 Å². The van der Waals surface area contributed by atoms with E-state index in [-0.39, 0.29) is 18.6 Å². The second-order valence-electron chi connectivity index (χ2n) is 6.11. The van der Waals surface area contributed by atoms with Crippen LogP contribution in [0.2, 0.25) is 0 Å². The Bertz CT molecular complexity index is 605. The lowest BCUT2D eigenvalue weighted by Crippen LogP contribution is -2.32. The molecule has 0 unspecified atom stereocenters. The van der Waals surface area contributed by atoms with E-state index < -0.39 is 0 Å². The lowest BCUT2D eigenvalue weighted by molar-refractivity contribution is -0.117. The SMILES string of the molecule is N#Cc1c(NC(=O)CN2CC[C@H](O)C2)sc2c1CCCCC2. The number of thiophene rings is 1. The first-order valence-corrected chi connectivity index (χ1v) is 8.74. The molecule has 22 heavy (non-hydrogen) atoms. The molecule has 1 amide bonds. The normalized spacial score (nSPS) is 21.9. The molecule has 1 aliphatic carbocycles. The standard InChI is InChI=1S/C16H21N3O2S/c17-8-13-12-4-2-1-3-5-14(12)22-16(13)18-15(21)10-19-7-6-11(20)9-19/h11,20H,1-7,9-10H2,(H,18,21)/t11-/m0/s1. The molecule has 1 aromatic rings. The van der Waals surface area contributed by atoms with E-state index in [2.05, 4.69) is 11.4 Å². The highest BCUT2D eigenvalue weighted by atomic mass is 32.1. The molecule has 0 bridgehead atoms. The van der Waals surface area contributed by atoms with Crippen molar-refractivity contribution >= 4 is 22.2 Å². The maximum Gasteiger partial charge on any atom is 0.239 e. The fourth-order valence-corrected chi connectivity index (χ4v) is 4.53. The number of carbonyl (C=O) groups excluding carboxylic acids is 1. The Labute approximate surface area is 134 Å². The van der Waals surface area contributed by atoms with Gasteiger partial charge in [-0.15, -0.1) is 11.3 Å². The summed E-state index contributed by atoms with van der Waals surface area (Å²) >= 11 is 1.56.